The van der Waals surface area contributed by atoms with Crippen LogP contribution >= 0.6 is 11.6 Å². The van der Waals surface area contributed by atoms with Crippen LogP contribution < -0.4 is 0 Å². The molecule has 1 atom stereocenters. The average molecular weight is 149 g/mol. The SMILES string of the molecule is CCCCC1(CCl)CO1. The Kier molecular flexibility index (Phi) is 2.36. The molecule has 1 fully saturated rings. The molecule has 1 saturated heterocycles. The summed E-state index contributed by atoms with van der Waals surface area (Å²) in [5, 5.41) is 0. The van der Waals surface area contributed by atoms with Gasteiger partial charge >= 0.3 is 0 Å². The van der Waals surface area contributed by atoms with Crippen LogP contribution in [0.3, 0.4) is 0 Å². The molecule has 1 unspecified atom stereocenters. The monoisotopic (exact) mass is 148 g/mol. The lowest BCUT2D eigenvalue weighted by Crippen LogP contribution is -2.12. The minimum Gasteiger partial charge on any atom is -0.368 e. The van der Waals surface area contributed by atoms with Crippen LogP contribution in [0.5, 0.6) is 0 Å². The minimum atomic E-state index is 0.109. The first-order valence-corrected chi connectivity index (χ1v) is 4.06. The second-order valence-electron chi connectivity index (χ2n) is 2.71. The largest absolute Gasteiger partial charge is 0.368 e. The summed E-state index contributed by atoms with van der Waals surface area (Å²) in [5.74, 6) is 0.674. The Bertz CT molecular complexity index is 88.9. The first kappa shape index (κ1) is 7.36. The van der Waals surface area contributed by atoms with Gasteiger partial charge in [-0.1, -0.05) is 19.8 Å². The van der Waals surface area contributed by atoms with Crippen molar-refractivity contribution in [3.05, 3.63) is 0 Å². The first-order valence-electron chi connectivity index (χ1n) is 3.53. The fraction of sp³-hybridized carbons (Fsp3) is 1.00. The van der Waals surface area contributed by atoms with E-state index in [0.29, 0.717) is 5.88 Å². The highest BCUT2D eigenvalue weighted by Crippen LogP contribution is 2.33. The standard InChI is InChI=1S/C7H13ClO/c1-2-3-4-7(5-8)6-9-7/h2-6H2,1H3. The highest BCUT2D eigenvalue weighted by molar-refractivity contribution is 6.18. The molecular formula is C7H13ClO. The maximum Gasteiger partial charge on any atom is 0.105 e. The Balaban J connectivity index is 2.10. The lowest BCUT2D eigenvalue weighted by Gasteiger charge is -2.04. The molecule has 0 saturated carbocycles. The summed E-state index contributed by atoms with van der Waals surface area (Å²) in [4.78, 5) is 0. The minimum absolute atomic E-state index is 0.109. The zero-order valence-electron chi connectivity index (χ0n) is 5.82. The number of hydrogen-bond donors (Lipinski definition) is 0. The van der Waals surface area contributed by atoms with Gasteiger partial charge in [-0.3, -0.25) is 0 Å². The summed E-state index contributed by atoms with van der Waals surface area (Å²) in [6.45, 7) is 3.07. The predicted octanol–water partition coefficient (Wildman–Crippen LogP) is 2.18. The highest BCUT2D eigenvalue weighted by Gasteiger charge is 2.42. The number of halogens is 1. The molecule has 0 aromatic carbocycles. The van der Waals surface area contributed by atoms with Gasteiger partial charge in [0, 0.05) is 0 Å². The normalized spacial score (nSPS) is 32.7. The van der Waals surface area contributed by atoms with Gasteiger partial charge < -0.3 is 4.74 Å². The summed E-state index contributed by atoms with van der Waals surface area (Å²) in [5.41, 5.74) is 0.109. The van der Waals surface area contributed by atoms with E-state index in [1.54, 1.807) is 0 Å². The van der Waals surface area contributed by atoms with Crippen LogP contribution in [0, 0.1) is 0 Å². The predicted molar refractivity (Wildman–Crippen MR) is 38.9 cm³/mol. The molecule has 1 aliphatic heterocycles. The quantitative estimate of drug-likeness (QED) is 0.440. The lowest BCUT2D eigenvalue weighted by molar-refractivity contribution is 0.306. The lowest BCUT2D eigenvalue weighted by atomic mass is 10.1. The van der Waals surface area contributed by atoms with Crippen LogP contribution in [-0.4, -0.2) is 18.1 Å². The molecule has 2 heteroatoms. The first-order chi connectivity index (χ1) is 4.33. The molecule has 0 aliphatic carbocycles. The van der Waals surface area contributed by atoms with E-state index in [4.69, 9.17) is 16.3 Å². The maximum atomic E-state index is 5.67. The zero-order valence-corrected chi connectivity index (χ0v) is 6.58. The molecule has 0 aromatic heterocycles. The van der Waals surface area contributed by atoms with Gasteiger partial charge in [-0.05, 0) is 6.42 Å². The van der Waals surface area contributed by atoms with E-state index < -0.39 is 0 Å². The van der Waals surface area contributed by atoms with Crippen LogP contribution in [-0.2, 0) is 4.74 Å². The van der Waals surface area contributed by atoms with Gasteiger partial charge in [0.25, 0.3) is 0 Å². The van der Waals surface area contributed by atoms with Gasteiger partial charge in [-0.15, -0.1) is 11.6 Å². The van der Waals surface area contributed by atoms with Crippen molar-refractivity contribution in [2.45, 2.75) is 31.8 Å². The number of hydrogen-bond acceptors (Lipinski definition) is 1. The molecule has 0 N–H and O–H groups in total. The third-order valence-corrected chi connectivity index (χ3v) is 2.27. The third-order valence-electron chi connectivity index (χ3n) is 1.78. The van der Waals surface area contributed by atoms with E-state index in [2.05, 4.69) is 6.92 Å². The van der Waals surface area contributed by atoms with E-state index in [9.17, 15) is 0 Å². The summed E-state index contributed by atoms with van der Waals surface area (Å²) < 4.78 is 5.22. The molecule has 0 aromatic rings. The number of rotatable bonds is 4. The third kappa shape index (κ3) is 1.84. The summed E-state index contributed by atoms with van der Waals surface area (Å²) in [6, 6.07) is 0. The van der Waals surface area contributed by atoms with Crippen molar-refractivity contribution in [1.29, 1.82) is 0 Å². The van der Waals surface area contributed by atoms with Crippen LogP contribution in [0.4, 0.5) is 0 Å². The molecule has 1 nitrogen and oxygen atoms in total. The van der Waals surface area contributed by atoms with E-state index in [1.807, 2.05) is 0 Å². The number of ether oxygens (including phenoxy) is 1. The number of unbranched alkanes of at least 4 members (excludes halogenated alkanes) is 1. The van der Waals surface area contributed by atoms with E-state index in [-0.39, 0.29) is 5.60 Å². The van der Waals surface area contributed by atoms with Crippen LogP contribution in [0.25, 0.3) is 0 Å². The van der Waals surface area contributed by atoms with Gasteiger partial charge in [-0.2, -0.15) is 0 Å². The summed E-state index contributed by atoms with van der Waals surface area (Å²) in [6.07, 6.45) is 3.63. The molecule has 54 valence electrons. The Morgan fingerprint density at radius 3 is 2.67 bits per heavy atom. The van der Waals surface area contributed by atoms with Crippen molar-refractivity contribution in [3.8, 4) is 0 Å². The average Bonchev–Trinajstić information content (AvgIpc) is 2.65. The van der Waals surface area contributed by atoms with E-state index in [1.165, 1.54) is 12.8 Å². The molecule has 0 amide bonds. The van der Waals surface area contributed by atoms with Crippen molar-refractivity contribution in [3.63, 3.8) is 0 Å². The fourth-order valence-corrected chi connectivity index (χ4v) is 1.18. The molecule has 0 bridgehead atoms. The Morgan fingerprint density at radius 2 is 2.33 bits per heavy atom. The van der Waals surface area contributed by atoms with Crippen LogP contribution in [0.2, 0.25) is 0 Å². The van der Waals surface area contributed by atoms with Gasteiger partial charge in [0.2, 0.25) is 0 Å². The van der Waals surface area contributed by atoms with Crippen LogP contribution in [0.15, 0.2) is 0 Å². The summed E-state index contributed by atoms with van der Waals surface area (Å²) >= 11 is 5.67. The highest BCUT2D eigenvalue weighted by atomic mass is 35.5. The topological polar surface area (TPSA) is 12.5 Å². The van der Waals surface area contributed by atoms with Crippen molar-refractivity contribution >= 4 is 11.6 Å². The molecule has 0 radical (unpaired) electrons. The molecule has 1 rings (SSSR count). The van der Waals surface area contributed by atoms with Crippen molar-refractivity contribution < 1.29 is 4.74 Å². The molecular weight excluding hydrogens is 136 g/mol. The van der Waals surface area contributed by atoms with E-state index >= 15 is 0 Å². The maximum absolute atomic E-state index is 5.67. The molecule has 0 spiro atoms. The van der Waals surface area contributed by atoms with Gasteiger partial charge in [-0.25, -0.2) is 0 Å². The van der Waals surface area contributed by atoms with Crippen molar-refractivity contribution in [1.82, 2.24) is 0 Å². The van der Waals surface area contributed by atoms with Crippen molar-refractivity contribution in [2.24, 2.45) is 0 Å². The Morgan fingerprint density at radius 1 is 1.67 bits per heavy atom. The number of epoxide rings is 1. The van der Waals surface area contributed by atoms with Gasteiger partial charge in [0.15, 0.2) is 0 Å². The fourth-order valence-electron chi connectivity index (χ4n) is 0.889. The smallest absolute Gasteiger partial charge is 0.105 e. The Hall–Kier alpha value is 0.250. The Labute approximate surface area is 61.3 Å². The second-order valence-corrected chi connectivity index (χ2v) is 2.98. The number of alkyl halides is 1. The van der Waals surface area contributed by atoms with Crippen LogP contribution in [0.1, 0.15) is 26.2 Å². The molecule has 1 aliphatic rings. The van der Waals surface area contributed by atoms with Gasteiger partial charge in [0.05, 0.1) is 12.5 Å². The second kappa shape index (κ2) is 2.89. The summed E-state index contributed by atoms with van der Waals surface area (Å²) in [7, 11) is 0. The molecule has 1 heterocycles. The zero-order chi connectivity index (χ0) is 6.74. The molecule has 9 heavy (non-hydrogen) atoms. The van der Waals surface area contributed by atoms with Gasteiger partial charge in [0.1, 0.15) is 5.60 Å². The van der Waals surface area contributed by atoms with E-state index in [0.717, 1.165) is 13.0 Å². The van der Waals surface area contributed by atoms with Crippen molar-refractivity contribution in [2.75, 3.05) is 12.5 Å².